The first kappa shape index (κ1) is 38.2. The zero-order valence-corrected chi connectivity index (χ0v) is 33.2. The molecule has 0 heterocycles. The van der Waals surface area contributed by atoms with Crippen molar-refractivity contribution in [3.05, 3.63) is 53.6 Å². The molecular formula is C46H67NO4. The number of benzene rings is 1. The highest BCUT2D eigenvalue weighted by Gasteiger charge is 2.71. The lowest BCUT2D eigenvalue weighted by Gasteiger charge is -2.72. The number of carbonyl (C=O) groups is 3. The van der Waals surface area contributed by atoms with E-state index < -0.39 is 5.97 Å². The molecule has 280 valence electrons. The molecule has 4 fully saturated rings. The van der Waals surface area contributed by atoms with Gasteiger partial charge in [-0.2, -0.15) is 0 Å². The highest BCUT2D eigenvalue weighted by molar-refractivity contribution is 5.88. The first-order chi connectivity index (χ1) is 24.0. The Hall–Kier alpha value is -2.53. The van der Waals surface area contributed by atoms with Gasteiger partial charge in [-0.15, -0.1) is 0 Å². The normalized spacial score (nSPS) is 38.1. The number of carbonyl (C=O) groups excluding carboxylic acids is 2. The van der Waals surface area contributed by atoms with E-state index in [1.807, 2.05) is 12.1 Å². The Balaban J connectivity index is 1.26. The van der Waals surface area contributed by atoms with Gasteiger partial charge in [0, 0.05) is 24.8 Å². The van der Waals surface area contributed by atoms with Crippen LogP contribution in [0.15, 0.2) is 42.5 Å². The monoisotopic (exact) mass is 698 g/mol. The molecule has 6 rings (SSSR count). The van der Waals surface area contributed by atoms with Crippen LogP contribution in [0.1, 0.15) is 148 Å². The summed E-state index contributed by atoms with van der Waals surface area (Å²) in [7, 11) is 0. The lowest BCUT2D eigenvalue weighted by Crippen LogP contribution is -2.65. The van der Waals surface area contributed by atoms with Gasteiger partial charge < -0.3 is 10.0 Å². The smallest absolute Gasteiger partial charge is 0.335 e. The molecule has 5 heteroatoms. The van der Waals surface area contributed by atoms with Crippen molar-refractivity contribution in [1.29, 1.82) is 0 Å². The zero-order chi connectivity index (χ0) is 37.1. The molecule has 0 aliphatic heterocycles. The summed E-state index contributed by atoms with van der Waals surface area (Å²) in [5.41, 5.74) is 4.52. The summed E-state index contributed by atoms with van der Waals surface area (Å²) in [5.74, 6) is 2.42. The van der Waals surface area contributed by atoms with E-state index in [0.29, 0.717) is 53.8 Å². The summed E-state index contributed by atoms with van der Waals surface area (Å²) in [4.78, 5) is 40.1. The molecule has 4 saturated carbocycles. The summed E-state index contributed by atoms with van der Waals surface area (Å²) in [6.07, 6.45) is 14.9. The van der Waals surface area contributed by atoms with E-state index in [4.69, 9.17) is 0 Å². The van der Waals surface area contributed by atoms with Crippen LogP contribution in [0, 0.1) is 56.7 Å². The Morgan fingerprint density at radius 2 is 1.55 bits per heavy atom. The van der Waals surface area contributed by atoms with E-state index in [0.717, 1.165) is 63.7 Å². The van der Waals surface area contributed by atoms with Gasteiger partial charge in [0.25, 0.3) is 0 Å². The quantitative estimate of drug-likeness (QED) is 0.220. The number of rotatable bonds is 12. The predicted octanol–water partition coefficient (Wildman–Crippen LogP) is 10.7. The van der Waals surface area contributed by atoms with E-state index in [-0.39, 0.29) is 32.9 Å². The molecule has 1 aromatic rings. The second-order valence-electron chi connectivity index (χ2n) is 19.2. The molecule has 0 amide bonds. The van der Waals surface area contributed by atoms with Gasteiger partial charge in [0.2, 0.25) is 0 Å². The third kappa shape index (κ3) is 6.04. The molecule has 0 spiro atoms. The maximum Gasteiger partial charge on any atom is 0.335 e. The van der Waals surface area contributed by atoms with E-state index in [1.54, 1.807) is 19.1 Å². The first-order valence-corrected chi connectivity index (χ1v) is 20.4. The number of nitrogens with zero attached hydrogens (tertiary/aromatic N) is 1. The molecule has 0 bridgehead atoms. The largest absolute Gasteiger partial charge is 0.478 e. The molecular weight excluding hydrogens is 631 g/mol. The maximum atomic E-state index is 14.6. The average Bonchev–Trinajstić information content (AvgIpc) is 3.48. The van der Waals surface area contributed by atoms with Gasteiger partial charge in [0.15, 0.2) is 0 Å². The minimum Gasteiger partial charge on any atom is -0.478 e. The second kappa shape index (κ2) is 13.7. The number of carboxylic acids is 1. The van der Waals surface area contributed by atoms with Crippen LogP contribution in [0.2, 0.25) is 0 Å². The number of Topliss-reactive ketones (excluding diaryl/α,β-unsaturated/α-hetero) is 2. The molecule has 1 N–H and O–H groups in total. The van der Waals surface area contributed by atoms with Crippen LogP contribution in [0.5, 0.6) is 0 Å². The molecule has 51 heavy (non-hydrogen) atoms. The van der Waals surface area contributed by atoms with Crippen LogP contribution in [-0.4, -0.2) is 47.2 Å². The molecule has 5 aliphatic rings. The summed E-state index contributed by atoms with van der Waals surface area (Å²) >= 11 is 0. The van der Waals surface area contributed by atoms with E-state index in [2.05, 4.69) is 66.0 Å². The van der Waals surface area contributed by atoms with Crippen molar-refractivity contribution in [3.63, 3.8) is 0 Å². The molecule has 9 atom stereocenters. The molecule has 0 saturated heterocycles. The van der Waals surface area contributed by atoms with Crippen molar-refractivity contribution in [3.8, 4) is 0 Å². The van der Waals surface area contributed by atoms with Gasteiger partial charge in [-0.3, -0.25) is 9.59 Å². The number of aromatic carboxylic acids is 1. The lowest BCUT2D eigenvalue weighted by molar-refractivity contribution is -0.224. The molecule has 5 aliphatic carbocycles. The molecule has 1 aromatic carbocycles. The van der Waals surface area contributed by atoms with Gasteiger partial charge in [0.1, 0.15) is 11.6 Å². The van der Waals surface area contributed by atoms with Crippen LogP contribution in [-0.2, 0) is 9.59 Å². The standard InChI is InChI=1S/C46H67NO4/c1-10-47(29-22-31(4)48)28-11-12-39(49)46-25-19-34(30(2)3)40(46)36-17-18-38-43(7)23-20-35(32-13-15-33(16-14-32)41(50)51)42(5,6)37(43)21-24-45(38,9)44(36,8)26-27-46/h13-16,20,34,36-38,40H,2,10-12,17-19,21-29H2,1,3-9H3,(H,50,51)/t34-,36+,37-,38+,40+,43-,44+,45+,46+/m0/s1. The minimum absolute atomic E-state index is 0.0130. The zero-order valence-electron chi connectivity index (χ0n) is 33.2. The van der Waals surface area contributed by atoms with Crippen molar-refractivity contribution in [2.75, 3.05) is 19.6 Å². The fourth-order valence-corrected chi connectivity index (χ4v) is 14.0. The van der Waals surface area contributed by atoms with Crippen molar-refractivity contribution in [1.82, 2.24) is 4.90 Å². The maximum absolute atomic E-state index is 14.6. The molecule has 0 unspecified atom stereocenters. The van der Waals surface area contributed by atoms with Crippen LogP contribution in [0.4, 0.5) is 0 Å². The van der Waals surface area contributed by atoms with Gasteiger partial charge >= 0.3 is 5.97 Å². The Labute approximate surface area is 309 Å². The predicted molar refractivity (Wildman–Crippen MR) is 207 cm³/mol. The van der Waals surface area contributed by atoms with Crippen molar-refractivity contribution < 1.29 is 19.5 Å². The Morgan fingerprint density at radius 3 is 2.18 bits per heavy atom. The Kier molecular flexibility index (Phi) is 10.3. The van der Waals surface area contributed by atoms with E-state index >= 15 is 0 Å². The number of hydrogen-bond donors (Lipinski definition) is 1. The van der Waals surface area contributed by atoms with Gasteiger partial charge in [0.05, 0.1) is 5.56 Å². The second-order valence-corrected chi connectivity index (χ2v) is 19.2. The van der Waals surface area contributed by atoms with Crippen LogP contribution in [0.25, 0.3) is 5.57 Å². The topological polar surface area (TPSA) is 74.7 Å². The fourth-order valence-electron chi connectivity index (χ4n) is 14.0. The number of fused-ring (bicyclic) bond motifs is 7. The van der Waals surface area contributed by atoms with Gasteiger partial charge in [-0.1, -0.05) is 71.9 Å². The minimum atomic E-state index is -0.876. The van der Waals surface area contributed by atoms with Crippen molar-refractivity contribution in [2.24, 2.45) is 56.7 Å². The van der Waals surface area contributed by atoms with Gasteiger partial charge in [-0.25, -0.2) is 4.79 Å². The van der Waals surface area contributed by atoms with Crippen molar-refractivity contribution in [2.45, 2.75) is 132 Å². The van der Waals surface area contributed by atoms with Crippen LogP contribution < -0.4 is 0 Å². The Bertz CT molecular complexity index is 1570. The Morgan fingerprint density at radius 1 is 0.843 bits per heavy atom. The summed E-state index contributed by atoms with van der Waals surface area (Å²) in [6.45, 7) is 26.0. The number of ketones is 2. The first-order valence-electron chi connectivity index (χ1n) is 20.4. The average molecular weight is 698 g/mol. The third-order valence-electron chi connectivity index (χ3n) is 16.7. The van der Waals surface area contributed by atoms with Crippen LogP contribution in [0.3, 0.4) is 0 Å². The van der Waals surface area contributed by atoms with Gasteiger partial charge in [-0.05, 0) is 166 Å². The summed E-state index contributed by atoms with van der Waals surface area (Å²) < 4.78 is 0. The third-order valence-corrected chi connectivity index (χ3v) is 16.7. The molecule has 5 nitrogen and oxygen atoms in total. The molecule has 0 aromatic heterocycles. The van der Waals surface area contributed by atoms with E-state index in [9.17, 15) is 19.5 Å². The lowest BCUT2D eigenvalue weighted by atomic mass is 9.32. The number of allylic oxidation sites excluding steroid dienone is 3. The summed E-state index contributed by atoms with van der Waals surface area (Å²) in [6, 6.07) is 7.55. The fraction of sp³-hybridized carbons (Fsp3) is 0.717. The molecule has 0 radical (unpaired) electrons. The number of carboxylic acid groups (broad SMARTS) is 1. The SMILES string of the molecule is C=C(C)[C@@H]1CC[C@]2(C(=O)CCCN(CC)CCC(C)=O)CC[C@]3(C)[C@H](CC[C@@H]4[C@@]5(C)CC=C(c6ccc(C(=O)O)cc6)C(C)(C)[C@@H]5CC[C@]43C)[C@@H]12. The van der Waals surface area contributed by atoms with Crippen LogP contribution >= 0.6 is 0 Å². The van der Waals surface area contributed by atoms with Crippen molar-refractivity contribution >= 4 is 23.1 Å². The number of hydrogen-bond acceptors (Lipinski definition) is 4. The summed E-state index contributed by atoms with van der Waals surface area (Å²) in [5, 5.41) is 9.49. The highest BCUT2D eigenvalue weighted by atomic mass is 16.4. The highest BCUT2D eigenvalue weighted by Crippen LogP contribution is 2.78. The van der Waals surface area contributed by atoms with E-state index in [1.165, 1.54) is 36.8 Å².